The molecule has 0 atom stereocenters. The quantitative estimate of drug-likeness (QED) is 0.803. The number of ether oxygens (including phenoxy) is 1. The van der Waals surface area contributed by atoms with Gasteiger partial charge < -0.3 is 10.5 Å². The molecule has 17 heavy (non-hydrogen) atoms. The molecule has 1 aliphatic rings. The van der Waals surface area contributed by atoms with Crippen LogP contribution in [-0.4, -0.2) is 13.1 Å². The lowest BCUT2D eigenvalue weighted by atomic mass is 9.88. The summed E-state index contributed by atoms with van der Waals surface area (Å²) in [4.78, 5) is 11.3. The summed E-state index contributed by atoms with van der Waals surface area (Å²) in [5, 5.41) is 0. The highest BCUT2D eigenvalue weighted by molar-refractivity contribution is 5.89. The average Bonchev–Trinajstić information content (AvgIpc) is 2.75. The molecule has 2 N–H and O–H groups in total. The summed E-state index contributed by atoms with van der Waals surface area (Å²) in [6.07, 6.45) is 3.63. The van der Waals surface area contributed by atoms with Crippen LogP contribution in [0.3, 0.4) is 0 Å². The smallest absolute Gasteiger partial charge is 0.337 e. The largest absolute Gasteiger partial charge is 0.465 e. The molecule has 0 aliphatic heterocycles. The van der Waals surface area contributed by atoms with Crippen molar-refractivity contribution in [1.29, 1.82) is 0 Å². The number of benzene rings is 1. The van der Waals surface area contributed by atoms with Gasteiger partial charge in [0.15, 0.2) is 0 Å². The lowest BCUT2D eigenvalue weighted by molar-refractivity contribution is 0.0600. The van der Waals surface area contributed by atoms with Gasteiger partial charge in [0.25, 0.3) is 0 Å². The van der Waals surface area contributed by atoms with Crippen LogP contribution in [0.15, 0.2) is 18.2 Å². The lowest BCUT2D eigenvalue weighted by Gasteiger charge is -2.24. The summed E-state index contributed by atoms with van der Waals surface area (Å²) in [6.45, 7) is 0. The third-order valence-electron chi connectivity index (χ3n) is 3.42. The number of esters is 1. The number of nitrogens with two attached hydrogens (primary N) is 1. The first-order chi connectivity index (χ1) is 8.07. The second kappa shape index (κ2) is 4.45. The van der Waals surface area contributed by atoms with Crippen LogP contribution in [0.5, 0.6) is 0 Å². The molecule has 0 saturated heterocycles. The third-order valence-corrected chi connectivity index (χ3v) is 3.42. The Morgan fingerprint density at radius 2 is 2.06 bits per heavy atom. The van der Waals surface area contributed by atoms with Crippen molar-refractivity contribution in [1.82, 2.24) is 0 Å². The van der Waals surface area contributed by atoms with E-state index in [0.717, 1.165) is 25.7 Å². The van der Waals surface area contributed by atoms with Gasteiger partial charge in [-0.25, -0.2) is 9.18 Å². The minimum Gasteiger partial charge on any atom is -0.465 e. The van der Waals surface area contributed by atoms with Crippen molar-refractivity contribution in [3.63, 3.8) is 0 Å². The molecule has 1 fully saturated rings. The number of hydrogen-bond donors (Lipinski definition) is 1. The van der Waals surface area contributed by atoms with Gasteiger partial charge in [-0.1, -0.05) is 18.9 Å². The van der Waals surface area contributed by atoms with E-state index in [1.807, 2.05) is 0 Å². The normalized spacial score (nSPS) is 18.1. The van der Waals surface area contributed by atoms with E-state index in [-0.39, 0.29) is 5.56 Å². The maximum absolute atomic E-state index is 14.0. The SMILES string of the molecule is COC(=O)c1ccc(C2(N)CCCC2)c(F)c1. The molecule has 1 aliphatic carbocycles. The van der Waals surface area contributed by atoms with E-state index in [9.17, 15) is 9.18 Å². The zero-order chi connectivity index (χ0) is 12.5. The number of hydrogen-bond acceptors (Lipinski definition) is 3. The summed E-state index contributed by atoms with van der Waals surface area (Å²) < 4.78 is 18.5. The molecule has 2 rings (SSSR count). The van der Waals surface area contributed by atoms with E-state index in [1.54, 1.807) is 12.1 Å². The number of halogens is 1. The van der Waals surface area contributed by atoms with Crippen LogP contribution in [-0.2, 0) is 10.3 Å². The van der Waals surface area contributed by atoms with E-state index in [2.05, 4.69) is 4.74 Å². The first kappa shape index (κ1) is 12.0. The Morgan fingerprint density at radius 1 is 1.41 bits per heavy atom. The molecule has 4 heteroatoms. The van der Waals surface area contributed by atoms with Crippen molar-refractivity contribution in [3.8, 4) is 0 Å². The average molecular weight is 237 g/mol. The van der Waals surface area contributed by atoms with Crippen molar-refractivity contribution in [3.05, 3.63) is 35.1 Å². The van der Waals surface area contributed by atoms with Crippen LogP contribution in [0.25, 0.3) is 0 Å². The Hall–Kier alpha value is -1.42. The molecule has 0 heterocycles. The number of carbonyl (C=O) groups excluding carboxylic acids is 1. The molecule has 0 unspecified atom stereocenters. The standard InChI is InChI=1S/C13H16FNO2/c1-17-12(16)9-4-5-10(11(14)8-9)13(15)6-2-3-7-13/h4-5,8H,2-3,6-7,15H2,1H3. The molecule has 0 bridgehead atoms. The minimum absolute atomic E-state index is 0.218. The maximum atomic E-state index is 14.0. The molecule has 0 aromatic heterocycles. The van der Waals surface area contributed by atoms with Crippen molar-refractivity contribution >= 4 is 5.97 Å². The number of carbonyl (C=O) groups is 1. The van der Waals surface area contributed by atoms with Gasteiger partial charge in [0.05, 0.1) is 12.7 Å². The van der Waals surface area contributed by atoms with Crippen molar-refractivity contribution < 1.29 is 13.9 Å². The van der Waals surface area contributed by atoms with E-state index in [0.29, 0.717) is 5.56 Å². The zero-order valence-electron chi connectivity index (χ0n) is 9.83. The van der Waals surface area contributed by atoms with Gasteiger partial charge in [-0.2, -0.15) is 0 Å². The molecular weight excluding hydrogens is 221 g/mol. The van der Waals surface area contributed by atoms with E-state index >= 15 is 0 Å². The van der Waals surface area contributed by atoms with Gasteiger partial charge in [-0.15, -0.1) is 0 Å². The minimum atomic E-state index is -0.571. The fourth-order valence-corrected chi connectivity index (χ4v) is 2.44. The first-order valence-electron chi connectivity index (χ1n) is 5.74. The molecule has 1 saturated carbocycles. The zero-order valence-corrected chi connectivity index (χ0v) is 9.83. The van der Waals surface area contributed by atoms with Gasteiger partial charge in [-0.05, 0) is 25.0 Å². The molecular formula is C13H16FNO2. The molecule has 0 spiro atoms. The van der Waals surface area contributed by atoms with Crippen LogP contribution in [0.2, 0.25) is 0 Å². The van der Waals surface area contributed by atoms with Crippen LogP contribution >= 0.6 is 0 Å². The van der Waals surface area contributed by atoms with E-state index in [4.69, 9.17) is 5.73 Å². The van der Waals surface area contributed by atoms with Crippen LogP contribution < -0.4 is 5.73 Å². The Labute approximate surface area is 99.8 Å². The summed E-state index contributed by atoms with van der Waals surface area (Å²) in [6, 6.07) is 4.37. The highest BCUT2D eigenvalue weighted by Crippen LogP contribution is 2.37. The monoisotopic (exact) mass is 237 g/mol. The summed E-state index contributed by atoms with van der Waals surface area (Å²) in [7, 11) is 1.27. The second-order valence-corrected chi connectivity index (χ2v) is 4.55. The van der Waals surface area contributed by atoms with Crippen LogP contribution in [0, 0.1) is 5.82 Å². The molecule has 0 amide bonds. The predicted octanol–water partition coefficient (Wildman–Crippen LogP) is 2.34. The van der Waals surface area contributed by atoms with Crippen molar-refractivity contribution in [2.24, 2.45) is 5.73 Å². The van der Waals surface area contributed by atoms with Gasteiger partial charge in [0, 0.05) is 11.1 Å². The molecule has 3 nitrogen and oxygen atoms in total. The molecule has 0 radical (unpaired) electrons. The fraction of sp³-hybridized carbons (Fsp3) is 0.462. The van der Waals surface area contributed by atoms with Crippen LogP contribution in [0.1, 0.15) is 41.6 Å². The van der Waals surface area contributed by atoms with Crippen molar-refractivity contribution in [2.75, 3.05) is 7.11 Å². The van der Waals surface area contributed by atoms with Gasteiger partial charge in [-0.3, -0.25) is 0 Å². The Kier molecular flexibility index (Phi) is 3.15. The molecule has 1 aromatic carbocycles. The van der Waals surface area contributed by atoms with E-state index in [1.165, 1.54) is 13.2 Å². The van der Waals surface area contributed by atoms with Gasteiger partial charge in [0.2, 0.25) is 0 Å². The maximum Gasteiger partial charge on any atom is 0.337 e. The predicted molar refractivity (Wildman–Crippen MR) is 62.1 cm³/mol. The highest BCUT2D eigenvalue weighted by atomic mass is 19.1. The van der Waals surface area contributed by atoms with Crippen molar-refractivity contribution in [2.45, 2.75) is 31.2 Å². The summed E-state index contributed by atoms with van der Waals surface area (Å²) in [5.74, 6) is -0.953. The van der Waals surface area contributed by atoms with Crippen LogP contribution in [0.4, 0.5) is 4.39 Å². The van der Waals surface area contributed by atoms with Gasteiger partial charge in [0.1, 0.15) is 5.82 Å². The summed E-state index contributed by atoms with van der Waals surface area (Å²) in [5.41, 5.74) is 6.33. The Bertz CT molecular complexity index is 439. The molecule has 1 aromatic rings. The topological polar surface area (TPSA) is 52.3 Å². The third kappa shape index (κ3) is 2.17. The Morgan fingerprint density at radius 3 is 2.59 bits per heavy atom. The number of rotatable bonds is 2. The fourth-order valence-electron chi connectivity index (χ4n) is 2.44. The second-order valence-electron chi connectivity index (χ2n) is 4.55. The lowest BCUT2D eigenvalue weighted by Crippen LogP contribution is -2.34. The Balaban J connectivity index is 2.34. The number of methoxy groups -OCH3 is 1. The first-order valence-corrected chi connectivity index (χ1v) is 5.74. The van der Waals surface area contributed by atoms with Gasteiger partial charge >= 0.3 is 5.97 Å². The summed E-state index contributed by atoms with van der Waals surface area (Å²) >= 11 is 0. The molecule has 92 valence electrons. The highest BCUT2D eigenvalue weighted by Gasteiger charge is 2.33. The van der Waals surface area contributed by atoms with E-state index < -0.39 is 17.3 Å².